The average Bonchev–Trinajstić information content (AvgIpc) is 2.75. The molecule has 2 bridgehead atoms. The molecule has 0 saturated carbocycles. The lowest BCUT2D eigenvalue weighted by Crippen LogP contribution is -2.54. The quantitative estimate of drug-likeness (QED) is 0.585. The SMILES string of the molecule is COc1ccc(C)cc1NC(=O)OC1CC2CCCC(C1)N2C/C=C/c1ccc(N)cc1.[HH]. The van der Waals surface area contributed by atoms with Crippen molar-refractivity contribution in [3.8, 4) is 5.75 Å². The third-order valence-electron chi connectivity index (χ3n) is 6.51. The highest BCUT2D eigenvalue weighted by atomic mass is 16.6. The summed E-state index contributed by atoms with van der Waals surface area (Å²) >= 11 is 0. The van der Waals surface area contributed by atoms with Gasteiger partial charge in [-0.2, -0.15) is 0 Å². The number of nitrogens with zero attached hydrogens (tertiary/aromatic N) is 1. The predicted octanol–water partition coefficient (Wildman–Crippen LogP) is 5.48. The minimum absolute atomic E-state index is 0. The maximum atomic E-state index is 12.6. The number of anilines is 2. The molecule has 2 fully saturated rings. The van der Waals surface area contributed by atoms with Crippen LogP contribution < -0.4 is 15.8 Å². The zero-order chi connectivity index (χ0) is 22.5. The Morgan fingerprint density at radius 1 is 1.19 bits per heavy atom. The molecule has 2 unspecified atom stereocenters. The molecule has 0 spiro atoms. The van der Waals surface area contributed by atoms with Crippen LogP contribution in [0.4, 0.5) is 16.2 Å². The van der Waals surface area contributed by atoms with Crippen molar-refractivity contribution in [1.29, 1.82) is 0 Å². The number of carbonyl (C=O) groups excluding carboxylic acids is 1. The summed E-state index contributed by atoms with van der Waals surface area (Å²) in [4.78, 5) is 15.2. The number of methoxy groups -OCH3 is 1. The molecule has 32 heavy (non-hydrogen) atoms. The van der Waals surface area contributed by atoms with Crippen molar-refractivity contribution in [3.63, 3.8) is 0 Å². The zero-order valence-corrected chi connectivity index (χ0v) is 18.9. The first-order chi connectivity index (χ1) is 15.5. The second-order valence-electron chi connectivity index (χ2n) is 8.83. The molecule has 1 amide bonds. The van der Waals surface area contributed by atoms with Gasteiger partial charge in [0.05, 0.1) is 12.8 Å². The number of nitrogens with one attached hydrogen (secondary N) is 1. The van der Waals surface area contributed by atoms with Crippen molar-refractivity contribution in [2.75, 3.05) is 24.7 Å². The van der Waals surface area contributed by atoms with E-state index in [2.05, 4.69) is 22.4 Å². The largest absolute Gasteiger partial charge is 0.495 e. The van der Waals surface area contributed by atoms with E-state index in [1.807, 2.05) is 49.4 Å². The molecular weight excluding hydrogens is 402 g/mol. The fourth-order valence-electron chi connectivity index (χ4n) is 4.95. The Balaban J connectivity index is 0.00000306. The summed E-state index contributed by atoms with van der Waals surface area (Å²) in [5.41, 5.74) is 9.40. The lowest BCUT2D eigenvalue weighted by Gasteiger charge is -2.48. The van der Waals surface area contributed by atoms with Gasteiger partial charge in [-0.15, -0.1) is 0 Å². The second-order valence-corrected chi connectivity index (χ2v) is 8.83. The van der Waals surface area contributed by atoms with Crippen LogP contribution in [0.5, 0.6) is 5.75 Å². The predicted molar refractivity (Wildman–Crippen MR) is 131 cm³/mol. The summed E-state index contributed by atoms with van der Waals surface area (Å²) in [7, 11) is 1.60. The highest BCUT2D eigenvalue weighted by molar-refractivity contribution is 5.87. The smallest absolute Gasteiger partial charge is 0.412 e. The van der Waals surface area contributed by atoms with Crippen LogP contribution in [0.25, 0.3) is 6.08 Å². The molecule has 0 radical (unpaired) electrons. The number of amides is 1. The van der Waals surface area contributed by atoms with Crippen molar-refractivity contribution in [3.05, 3.63) is 59.7 Å². The number of hydrogen-bond donors (Lipinski definition) is 2. The van der Waals surface area contributed by atoms with Gasteiger partial charge in [-0.25, -0.2) is 4.79 Å². The Kier molecular flexibility index (Phi) is 7.00. The summed E-state index contributed by atoms with van der Waals surface area (Å²) in [6.07, 6.45) is 9.22. The lowest BCUT2D eigenvalue weighted by atomic mass is 9.83. The molecule has 6 nitrogen and oxygen atoms in total. The van der Waals surface area contributed by atoms with E-state index in [0.717, 1.165) is 49.0 Å². The van der Waals surface area contributed by atoms with Gasteiger partial charge in [0.2, 0.25) is 0 Å². The lowest BCUT2D eigenvalue weighted by molar-refractivity contribution is -0.0240. The third-order valence-corrected chi connectivity index (χ3v) is 6.51. The summed E-state index contributed by atoms with van der Waals surface area (Å²) in [6.45, 7) is 2.90. The molecular formula is C26H35N3O3. The molecule has 2 saturated heterocycles. The van der Waals surface area contributed by atoms with E-state index in [1.165, 1.54) is 6.42 Å². The van der Waals surface area contributed by atoms with E-state index in [4.69, 9.17) is 15.2 Å². The van der Waals surface area contributed by atoms with Gasteiger partial charge in [0.1, 0.15) is 11.9 Å². The number of nitrogens with two attached hydrogens (primary N) is 1. The Labute approximate surface area is 191 Å². The monoisotopic (exact) mass is 437 g/mol. The van der Waals surface area contributed by atoms with Gasteiger partial charge in [0.25, 0.3) is 0 Å². The van der Waals surface area contributed by atoms with Crippen LogP contribution in [0.2, 0.25) is 0 Å². The summed E-state index contributed by atoms with van der Waals surface area (Å²) in [5.74, 6) is 0.632. The van der Waals surface area contributed by atoms with E-state index >= 15 is 0 Å². The number of hydrogen-bond acceptors (Lipinski definition) is 5. The van der Waals surface area contributed by atoms with E-state index in [1.54, 1.807) is 7.11 Å². The highest BCUT2D eigenvalue weighted by Gasteiger charge is 2.39. The fraction of sp³-hybridized carbons (Fsp3) is 0.423. The second kappa shape index (κ2) is 10.1. The Hall–Kier alpha value is -2.99. The topological polar surface area (TPSA) is 76.8 Å². The minimum atomic E-state index is -0.409. The Morgan fingerprint density at radius 3 is 2.59 bits per heavy atom. The molecule has 2 aliphatic heterocycles. The van der Waals surface area contributed by atoms with Crippen LogP contribution in [0.1, 0.15) is 44.7 Å². The first-order valence-corrected chi connectivity index (χ1v) is 11.4. The molecule has 2 aliphatic rings. The minimum Gasteiger partial charge on any atom is -0.495 e. The number of carbonyl (C=O) groups is 1. The molecule has 6 heteroatoms. The number of piperidine rings is 2. The molecule has 3 N–H and O–H groups in total. The maximum absolute atomic E-state index is 12.6. The van der Waals surface area contributed by atoms with Crippen molar-refractivity contribution in [1.82, 2.24) is 4.90 Å². The average molecular weight is 438 g/mol. The number of benzene rings is 2. The number of rotatable bonds is 6. The van der Waals surface area contributed by atoms with Gasteiger partial charge >= 0.3 is 6.09 Å². The van der Waals surface area contributed by atoms with Crippen molar-refractivity contribution < 1.29 is 15.7 Å². The molecule has 0 aromatic heterocycles. The van der Waals surface area contributed by atoms with E-state index in [0.29, 0.717) is 23.5 Å². The zero-order valence-electron chi connectivity index (χ0n) is 18.9. The number of fused-ring (bicyclic) bond motifs is 2. The molecule has 2 heterocycles. The number of ether oxygens (including phenoxy) is 2. The van der Waals surface area contributed by atoms with Crippen LogP contribution in [-0.4, -0.2) is 42.8 Å². The molecule has 2 atom stereocenters. The Bertz CT molecular complexity index is 950. The highest BCUT2D eigenvalue weighted by Crippen LogP contribution is 2.35. The van der Waals surface area contributed by atoms with Crippen LogP contribution in [0.3, 0.4) is 0 Å². The summed E-state index contributed by atoms with van der Waals surface area (Å²) in [5, 5.41) is 2.86. The van der Waals surface area contributed by atoms with Crippen molar-refractivity contribution in [2.45, 2.75) is 57.2 Å². The molecule has 2 aromatic rings. The molecule has 172 valence electrons. The van der Waals surface area contributed by atoms with Crippen LogP contribution in [0, 0.1) is 6.92 Å². The summed E-state index contributed by atoms with van der Waals surface area (Å²) in [6, 6.07) is 14.5. The van der Waals surface area contributed by atoms with Gasteiger partial charge in [-0.1, -0.05) is 36.8 Å². The van der Waals surface area contributed by atoms with E-state index in [9.17, 15) is 4.79 Å². The normalized spacial score (nSPS) is 23.1. The van der Waals surface area contributed by atoms with Crippen molar-refractivity contribution in [2.24, 2.45) is 0 Å². The van der Waals surface area contributed by atoms with Crippen LogP contribution in [-0.2, 0) is 4.74 Å². The maximum Gasteiger partial charge on any atom is 0.412 e. The summed E-state index contributed by atoms with van der Waals surface area (Å²) < 4.78 is 11.2. The number of aryl methyl sites for hydroxylation is 1. The van der Waals surface area contributed by atoms with E-state index < -0.39 is 6.09 Å². The number of nitrogen functional groups attached to an aromatic ring is 1. The molecule has 4 rings (SSSR count). The molecule has 2 aromatic carbocycles. The van der Waals surface area contributed by atoms with Crippen LogP contribution in [0.15, 0.2) is 48.5 Å². The van der Waals surface area contributed by atoms with Gasteiger partial charge in [0, 0.05) is 38.6 Å². The standard InChI is InChI=1S/C26H33N3O3.H2/c1-18-8-13-25(31-2)24(15-18)28-26(30)32-23-16-21-6-3-7-22(17-23)29(21)14-4-5-19-9-11-20(27)12-10-19;/h4-5,8-13,15,21-23H,3,6-7,14,16-17,27H2,1-2H3,(H,28,30);1H/b5-4+;. The van der Waals surface area contributed by atoms with Gasteiger partial charge in [-0.05, 0) is 55.2 Å². The van der Waals surface area contributed by atoms with Gasteiger partial charge < -0.3 is 15.2 Å². The van der Waals surface area contributed by atoms with Gasteiger partial charge in [0.15, 0.2) is 0 Å². The molecule has 0 aliphatic carbocycles. The van der Waals surface area contributed by atoms with E-state index in [-0.39, 0.29) is 7.53 Å². The first-order valence-electron chi connectivity index (χ1n) is 11.4. The van der Waals surface area contributed by atoms with Crippen LogP contribution >= 0.6 is 0 Å². The van der Waals surface area contributed by atoms with Gasteiger partial charge in [-0.3, -0.25) is 10.2 Å². The fourth-order valence-corrected chi connectivity index (χ4v) is 4.95. The third kappa shape index (κ3) is 5.43. The first kappa shape index (κ1) is 22.2. The van der Waals surface area contributed by atoms with Crippen molar-refractivity contribution >= 4 is 23.5 Å². The Morgan fingerprint density at radius 2 is 1.91 bits per heavy atom.